The molecule has 1 aromatic heterocycles. The summed E-state index contributed by atoms with van der Waals surface area (Å²) < 4.78 is 5.22. The highest BCUT2D eigenvalue weighted by Crippen LogP contribution is 2.26. The van der Waals surface area contributed by atoms with Crippen LogP contribution < -0.4 is 10.6 Å². The number of rotatable bonds is 6. The number of hydrogen-bond acceptors (Lipinski definition) is 4. The van der Waals surface area contributed by atoms with Gasteiger partial charge in [0.05, 0.1) is 0 Å². The lowest BCUT2D eigenvalue weighted by molar-refractivity contribution is 0.0523. The zero-order chi connectivity index (χ0) is 16.1. The van der Waals surface area contributed by atoms with Gasteiger partial charge in [-0.25, -0.2) is 4.79 Å². The largest absolute Gasteiger partial charge is 0.444 e. The van der Waals surface area contributed by atoms with Crippen molar-refractivity contribution in [1.82, 2.24) is 10.6 Å². The second-order valence-electron chi connectivity index (χ2n) is 7.03. The van der Waals surface area contributed by atoms with E-state index in [9.17, 15) is 4.79 Å². The van der Waals surface area contributed by atoms with Gasteiger partial charge in [-0.2, -0.15) is 0 Å². The summed E-state index contributed by atoms with van der Waals surface area (Å²) in [6.07, 6.45) is -0.367. The van der Waals surface area contributed by atoms with E-state index in [-0.39, 0.29) is 17.6 Å². The van der Waals surface area contributed by atoms with Crippen molar-refractivity contribution in [3.63, 3.8) is 0 Å². The molecule has 1 rings (SSSR count). The first-order chi connectivity index (χ1) is 9.60. The van der Waals surface area contributed by atoms with Crippen LogP contribution in [-0.4, -0.2) is 30.8 Å². The van der Waals surface area contributed by atoms with Crippen molar-refractivity contribution in [3.05, 3.63) is 22.4 Å². The highest BCUT2D eigenvalue weighted by atomic mass is 32.1. The van der Waals surface area contributed by atoms with E-state index in [2.05, 4.69) is 48.9 Å². The van der Waals surface area contributed by atoms with Crippen LogP contribution in [0.2, 0.25) is 0 Å². The minimum Gasteiger partial charge on any atom is -0.444 e. The molecule has 1 amide bonds. The van der Waals surface area contributed by atoms with Crippen molar-refractivity contribution in [2.45, 2.75) is 58.6 Å². The summed E-state index contributed by atoms with van der Waals surface area (Å²) in [6.45, 7) is 13.5. The topological polar surface area (TPSA) is 50.4 Å². The average Bonchev–Trinajstić information content (AvgIpc) is 2.86. The Hall–Kier alpha value is -1.07. The van der Waals surface area contributed by atoms with Gasteiger partial charge in [-0.1, -0.05) is 19.9 Å². The normalized spacial score (nSPS) is 13.8. The first-order valence-corrected chi connectivity index (χ1v) is 8.22. The third kappa shape index (κ3) is 6.96. The molecule has 0 bridgehead atoms. The number of amides is 1. The van der Waals surface area contributed by atoms with Crippen molar-refractivity contribution in [1.29, 1.82) is 0 Å². The maximum atomic E-state index is 11.6. The summed E-state index contributed by atoms with van der Waals surface area (Å²) in [4.78, 5) is 13.0. The van der Waals surface area contributed by atoms with E-state index in [0.29, 0.717) is 6.54 Å². The molecule has 0 radical (unpaired) electrons. The van der Waals surface area contributed by atoms with Crippen LogP contribution >= 0.6 is 11.3 Å². The zero-order valence-corrected chi connectivity index (χ0v) is 14.8. The van der Waals surface area contributed by atoms with Gasteiger partial charge < -0.3 is 15.4 Å². The highest BCUT2D eigenvalue weighted by Gasteiger charge is 2.22. The molecule has 120 valence electrons. The van der Waals surface area contributed by atoms with Crippen LogP contribution in [0.15, 0.2) is 17.5 Å². The summed E-state index contributed by atoms with van der Waals surface area (Å²) in [6, 6.07) is 4.43. The number of nitrogens with one attached hydrogen (secondary N) is 2. The summed E-state index contributed by atoms with van der Waals surface area (Å²) in [5.41, 5.74) is -0.365. The lowest BCUT2D eigenvalue weighted by Gasteiger charge is -2.26. The molecule has 0 spiro atoms. The van der Waals surface area contributed by atoms with Crippen molar-refractivity contribution < 1.29 is 9.53 Å². The Balaban J connectivity index is 2.31. The third-order valence-corrected chi connectivity index (χ3v) is 4.27. The zero-order valence-electron chi connectivity index (χ0n) is 13.9. The van der Waals surface area contributed by atoms with E-state index in [4.69, 9.17) is 4.74 Å². The molecular weight excluding hydrogens is 284 g/mol. The van der Waals surface area contributed by atoms with Crippen molar-refractivity contribution >= 4 is 17.4 Å². The Kier molecular flexibility index (Phi) is 6.23. The molecule has 0 aliphatic rings. The number of hydrogen-bond donors (Lipinski definition) is 2. The highest BCUT2D eigenvalue weighted by molar-refractivity contribution is 7.10. The molecule has 2 N–H and O–H groups in total. The lowest BCUT2D eigenvalue weighted by Crippen LogP contribution is -2.44. The van der Waals surface area contributed by atoms with Gasteiger partial charge in [0.15, 0.2) is 0 Å². The predicted octanol–water partition coefficient (Wildman–Crippen LogP) is 3.53. The quantitative estimate of drug-likeness (QED) is 0.845. The SMILES string of the molecule is CC(CNC(=O)OC(C)(C)C)NCC(C)(C)c1cccs1. The summed E-state index contributed by atoms with van der Waals surface area (Å²) >= 11 is 1.78. The molecule has 5 heteroatoms. The Morgan fingerprint density at radius 1 is 1.33 bits per heavy atom. The van der Waals surface area contributed by atoms with E-state index >= 15 is 0 Å². The lowest BCUT2D eigenvalue weighted by atomic mass is 9.91. The fourth-order valence-corrected chi connectivity index (χ4v) is 2.66. The molecule has 4 nitrogen and oxygen atoms in total. The van der Waals surface area contributed by atoms with Crippen LogP contribution in [0.25, 0.3) is 0 Å². The smallest absolute Gasteiger partial charge is 0.407 e. The fraction of sp³-hybridized carbons (Fsp3) is 0.688. The molecule has 0 saturated heterocycles. The number of carbonyl (C=O) groups excluding carboxylic acids is 1. The molecule has 21 heavy (non-hydrogen) atoms. The maximum absolute atomic E-state index is 11.6. The second-order valence-corrected chi connectivity index (χ2v) is 7.97. The van der Waals surface area contributed by atoms with Crippen LogP contribution in [0, 0.1) is 0 Å². The first-order valence-electron chi connectivity index (χ1n) is 7.34. The molecule has 0 aromatic carbocycles. The molecule has 0 aliphatic carbocycles. The summed E-state index contributed by atoms with van der Waals surface area (Å²) in [5.74, 6) is 0. The monoisotopic (exact) mass is 312 g/mol. The Labute approximate surface area is 132 Å². The maximum Gasteiger partial charge on any atom is 0.407 e. The standard InChI is InChI=1S/C16H28N2O2S/c1-12(10-17-14(19)20-15(2,3)4)18-11-16(5,6)13-8-7-9-21-13/h7-9,12,18H,10-11H2,1-6H3,(H,17,19). The van der Waals surface area contributed by atoms with E-state index in [1.165, 1.54) is 4.88 Å². The molecule has 1 heterocycles. The average molecular weight is 312 g/mol. The number of thiophene rings is 1. The van der Waals surface area contributed by atoms with Gasteiger partial charge >= 0.3 is 6.09 Å². The Morgan fingerprint density at radius 2 is 2.00 bits per heavy atom. The molecule has 1 unspecified atom stereocenters. The van der Waals surface area contributed by atoms with E-state index in [1.54, 1.807) is 11.3 Å². The molecule has 1 aromatic rings. The minimum absolute atomic E-state index is 0.0916. The van der Waals surface area contributed by atoms with Crippen LogP contribution in [0.5, 0.6) is 0 Å². The van der Waals surface area contributed by atoms with Crippen LogP contribution in [0.4, 0.5) is 4.79 Å². The first kappa shape index (κ1) is 18.0. The van der Waals surface area contributed by atoms with Crippen LogP contribution in [-0.2, 0) is 10.2 Å². The number of alkyl carbamates (subject to hydrolysis) is 1. The number of carbonyl (C=O) groups is 1. The molecule has 0 saturated carbocycles. The fourth-order valence-electron chi connectivity index (χ4n) is 1.80. The molecule has 0 aliphatic heterocycles. The van der Waals surface area contributed by atoms with Gasteiger partial charge in [-0.15, -0.1) is 11.3 Å². The van der Waals surface area contributed by atoms with E-state index in [1.807, 2.05) is 20.8 Å². The van der Waals surface area contributed by atoms with Gasteiger partial charge in [0.2, 0.25) is 0 Å². The Bertz CT molecular complexity index is 436. The Morgan fingerprint density at radius 3 is 2.52 bits per heavy atom. The molecular formula is C16H28N2O2S. The predicted molar refractivity (Wildman–Crippen MR) is 89.0 cm³/mol. The van der Waals surface area contributed by atoms with Gasteiger partial charge in [-0.05, 0) is 39.1 Å². The third-order valence-electron chi connectivity index (χ3n) is 3.03. The minimum atomic E-state index is -0.456. The van der Waals surface area contributed by atoms with Gasteiger partial charge in [0.25, 0.3) is 0 Å². The van der Waals surface area contributed by atoms with Gasteiger partial charge in [0.1, 0.15) is 5.60 Å². The van der Waals surface area contributed by atoms with Crippen LogP contribution in [0.1, 0.15) is 46.4 Å². The summed E-state index contributed by atoms with van der Waals surface area (Å²) in [5, 5.41) is 8.36. The number of ether oxygens (including phenoxy) is 1. The van der Waals surface area contributed by atoms with E-state index in [0.717, 1.165) is 6.54 Å². The van der Waals surface area contributed by atoms with Gasteiger partial charge in [0, 0.05) is 29.4 Å². The van der Waals surface area contributed by atoms with E-state index < -0.39 is 5.60 Å². The molecule has 1 atom stereocenters. The molecule has 0 fully saturated rings. The second kappa shape index (κ2) is 7.27. The summed E-state index contributed by atoms with van der Waals surface area (Å²) in [7, 11) is 0. The van der Waals surface area contributed by atoms with Gasteiger partial charge in [-0.3, -0.25) is 0 Å². The van der Waals surface area contributed by atoms with Crippen molar-refractivity contribution in [2.75, 3.05) is 13.1 Å². The van der Waals surface area contributed by atoms with Crippen molar-refractivity contribution in [2.24, 2.45) is 0 Å². The van der Waals surface area contributed by atoms with Crippen LogP contribution in [0.3, 0.4) is 0 Å². The van der Waals surface area contributed by atoms with Crippen molar-refractivity contribution in [3.8, 4) is 0 Å².